The number of piperazine rings is 1. The fraction of sp³-hybridized carbons (Fsp3) is 0.647. The number of rotatable bonds is 3. The van der Waals surface area contributed by atoms with Crippen molar-refractivity contribution in [1.29, 1.82) is 0 Å². The summed E-state index contributed by atoms with van der Waals surface area (Å²) >= 11 is 6.32. The molecule has 21 heavy (non-hydrogen) atoms. The third kappa shape index (κ3) is 2.92. The molecule has 0 amide bonds. The van der Waals surface area contributed by atoms with E-state index in [1.165, 1.54) is 24.9 Å². The summed E-state index contributed by atoms with van der Waals surface area (Å²) in [6.07, 6.45) is 3.84. The van der Waals surface area contributed by atoms with E-state index < -0.39 is 0 Å². The van der Waals surface area contributed by atoms with Crippen LogP contribution in [-0.2, 0) is 0 Å². The van der Waals surface area contributed by atoms with Gasteiger partial charge in [0, 0.05) is 38.3 Å². The van der Waals surface area contributed by atoms with Gasteiger partial charge in [-0.1, -0.05) is 30.7 Å². The van der Waals surface area contributed by atoms with E-state index >= 15 is 0 Å². The van der Waals surface area contributed by atoms with Crippen LogP contribution >= 0.6 is 11.6 Å². The Morgan fingerprint density at radius 2 is 1.95 bits per heavy atom. The smallest absolute Gasteiger partial charge is 0.0639 e. The summed E-state index contributed by atoms with van der Waals surface area (Å²) in [5.41, 5.74) is 7.58. The van der Waals surface area contributed by atoms with Gasteiger partial charge in [0.05, 0.1) is 10.7 Å². The highest BCUT2D eigenvalue weighted by molar-refractivity contribution is 6.33. The zero-order valence-corrected chi connectivity index (χ0v) is 13.6. The van der Waals surface area contributed by atoms with Crippen molar-refractivity contribution in [1.82, 2.24) is 4.90 Å². The van der Waals surface area contributed by atoms with Gasteiger partial charge in [-0.2, -0.15) is 0 Å². The Kier molecular flexibility index (Phi) is 4.43. The molecule has 2 aliphatic rings. The molecule has 0 radical (unpaired) electrons. The molecule has 1 aromatic rings. The molecule has 1 saturated carbocycles. The summed E-state index contributed by atoms with van der Waals surface area (Å²) < 4.78 is 0. The van der Waals surface area contributed by atoms with Crippen LogP contribution in [0.25, 0.3) is 0 Å². The molecule has 2 N–H and O–H groups in total. The number of hydrogen-bond acceptors (Lipinski definition) is 3. The highest BCUT2D eigenvalue weighted by Gasteiger charge is 2.42. The summed E-state index contributed by atoms with van der Waals surface area (Å²) in [6, 6.07) is 8.15. The maximum absolute atomic E-state index is 6.32. The molecular formula is C17H26ClN3. The molecular weight excluding hydrogens is 282 g/mol. The second-order valence-corrected chi connectivity index (χ2v) is 7.11. The molecule has 1 saturated heterocycles. The molecule has 1 aliphatic heterocycles. The van der Waals surface area contributed by atoms with Gasteiger partial charge in [-0.05, 0) is 37.3 Å². The Balaban J connectivity index is 1.66. The lowest BCUT2D eigenvalue weighted by molar-refractivity contribution is 0.0889. The first-order valence-electron chi connectivity index (χ1n) is 8.09. The summed E-state index contributed by atoms with van der Waals surface area (Å²) in [7, 11) is 0. The summed E-state index contributed by atoms with van der Waals surface area (Å²) in [5.74, 6) is 0.815. The molecule has 3 nitrogen and oxygen atoms in total. The second-order valence-electron chi connectivity index (χ2n) is 6.70. The van der Waals surface area contributed by atoms with Crippen molar-refractivity contribution in [3.05, 3.63) is 29.3 Å². The van der Waals surface area contributed by atoms with Crippen LogP contribution in [0.1, 0.15) is 26.2 Å². The Morgan fingerprint density at radius 3 is 2.52 bits per heavy atom. The number of nitrogens with zero attached hydrogens (tertiary/aromatic N) is 2. The SMILES string of the molecule is CC1CCC(CN)(N2CCN(c3ccccc3Cl)CC2)C1. The molecule has 2 fully saturated rings. The lowest BCUT2D eigenvalue weighted by Gasteiger charge is -2.46. The Hall–Kier alpha value is -0.770. The fourth-order valence-electron chi connectivity index (χ4n) is 4.10. The predicted octanol–water partition coefficient (Wildman–Crippen LogP) is 2.98. The van der Waals surface area contributed by atoms with Crippen molar-refractivity contribution >= 4 is 17.3 Å². The Morgan fingerprint density at radius 1 is 1.24 bits per heavy atom. The van der Waals surface area contributed by atoms with Crippen LogP contribution in [0, 0.1) is 5.92 Å². The van der Waals surface area contributed by atoms with Crippen molar-refractivity contribution in [3.63, 3.8) is 0 Å². The topological polar surface area (TPSA) is 32.5 Å². The highest BCUT2D eigenvalue weighted by atomic mass is 35.5. The number of benzene rings is 1. The quantitative estimate of drug-likeness (QED) is 0.932. The molecule has 3 rings (SSSR count). The van der Waals surface area contributed by atoms with Crippen LogP contribution in [0.5, 0.6) is 0 Å². The minimum atomic E-state index is 0.256. The number of halogens is 1. The van der Waals surface area contributed by atoms with Crippen LogP contribution < -0.4 is 10.6 Å². The maximum atomic E-state index is 6.32. The maximum Gasteiger partial charge on any atom is 0.0639 e. The van der Waals surface area contributed by atoms with E-state index in [9.17, 15) is 0 Å². The summed E-state index contributed by atoms with van der Waals surface area (Å²) in [6.45, 7) is 7.42. The molecule has 0 bridgehead atoms. The van der Waals surface area contributed by atoms with Crippen molar-refractivity contribution in [3.8, 4) is 0 Å². The average Bonchev–Trinajstić information content (AvgIpc) is 2.91. The molecule has 0 spiro atoms. The number of para-hydroxylation sites is 1. The van der Waals surface area contributed by atoms with Gasteiger partial charge in [0.1, 0.15) is 0 Å². The van der Waals surface area contributed by atoms with E-state index in [4.69, 9.17) is 17.3 Å². The van der Waals surface area contributed by atoms with Crippen LogP contribution in [0.2, 0.25) is 5.02 Å². The van der Waals surface area contributed by atoms with E-state index in [1.54, 1.807) is 0 Å². The van der Waals surface area contributed by atoms with Gasteiger partial charge < -0.3 is 10.6 Å². The van der Waals surface area contributed by atoms with Crippen molar-refractivity contribution in [2.75, 3.05) is 37.6 Å². The number of nitrogens with two attached hydrogens (primary N) is 1. The molecule has 1 aromatic carbocycles. The van der Waals surface area contributed by atoms with Gasteiger partial charge in [0.15, 0.2) is 0 Å². The molecule has 4 heteroatoms. The van der Waals surface area contributed by atoms with E-state index in [0.717, 1.165) is 43.7 Å². The van der Waals surface area contributed by atoms with E-state index in [2.05, 4.69) is 28.9 Å². The summed E-state index contributed by atoms with van der Waals surface area (Å²) in [5, 5.41) is 0.856. The van der Waals surface area contributed by atoms with Gasteiger partial charge in [0.25, 0.3) is 0 Å². The average molecular weight is 308 g/mol. The molecule has 116 valence electrons. The van der Waals surface area contributed by atoms with Crippen LogP contribution in [-0.4, -0.2) is 43.2 Å². The summed E-state index contributed by atoms with van der Waals surface area (Å²) in [4.78, 5) is 5.05. The molecule has 2 unspecified atom stereocenters. The first kappa shape index (κ1) is 15.1. The monoisotopic (exact) mass is 307 g/mol. The van der Waals surface area contributed by atoms with Crippen LogP contribution in [0.3, 0.4) is 0 Å². The van der Waals surface area contributed by atoms with Crippen molar-refractivity contribution in [2.24, 2.45) is 11.7 Å². The second kappa shape index (κ2) is 6.15. The fourth-order valence-corrected chi connectivity index (χ4v) is 4.35. The normalized spacial score (nSPS) is 30.8. The first-order valence-corrected chi connectivity index (χ1v) is 8.47. The molecule has 1 aliphatic carbocycles. The number of anilines is 1. The third-order valence-electron chi connectivity index (χ3n) is 5.35. The third-order valence-corrected chi connectivity index (χ3v) is 5.67. The highest BCUT2D eigenvalue weighted by Crippen LogP contribution is 2.39. The van der Waals surface area contributed by atoms with Gasteiger partial charge >= 0.3 is 0 Å². The van der Waals surface area contributed by atoms with E-state index in [0.29, 0.717) is 0 Å². The van der Waals surface area contributed by atoms with Crippen molar-refractivity contribution < 1.29 is 0 Å². The van der Waals surface area contributed by atoms with Gasteiger partial charge in [0.2, 0.25) is 0 Å². The lowest BCUT2D eigenvalue weighted by atomic mass is 9.93. The zero-order chi connectivity index (χ0) is 14.9. The van der Waals surface area contributed by atoms with Crippen molar-refractivity contribution in [2.45, 2.75) is 31.7 Å². The van der Waals surface area contributed by atoms with E-state index in [-0.39, 0.29) is 5.54 Å². The Labute approximate surface area is 133 Å². The van der Waals surface area contributed by atoms with Crippen LogP contribution in [0.4, 0.5) is 5.69 Å². The lowest BCUT2D eigenvalue weighted by Crippen LogP contribution is -2.59. The molecule has 0 aromatic heterocycles. The van der Waals surface area contributed by atoms with E-state index in [1.807, 2.05) is 12.1 Å². The first-order chi connectivity index (χ1) is 10.1. The molecule has 1 heterocycles. The Bertz CT molecular complexity index is 485. The minimum absolute atomic E-state index is 0.256. The minimum Gasteiger partial charge on any atom is -0.368 e. The zero-order valence-electron chi connectivity index (χ0n) is 12.9. The van der Waals surface area contributed by atoms with Gasteiger partial charge in [-0.3, -0.25) is 4.90 Å². The number of hydrogen-bond donors (Lipinski definition) is 1. The van der Waals surface area contributed by atoms with Gasteiger partial charge in [-0.25, -0.2) is 0 Å². The van der Waals surface area contributed by atoms with Gasteiger partial charge in [-0.15, -0.1) is 0 Å². The standard InChI is InChI=1S/C17H26ClN3/c1-14-6-7-17(12-14,13-19)21-10-8-20(9-11-21)16-5-3-2-4-15(16)18/h2-5,14H,6-13,19H2,1H3. The molecule has 2 atom stereocenters. The van der Waals surface area contributed by atoms with Crippen LogP contribution in [0.15, 0.2) is 24.3 Å². The predicted molar refractivity (Wildman–Crippen MR) is 90.0 cm³/mol. The largest absolute Gasteiger partial charge is 0.368 e.